The number of hydrogen-bond donors (Lipinski definition) is 1. The van der Waals surface area contributed by atoms with Crippen LogP contribution in [0.1, 0.15) is 74.9 Å². The summed E-state index contributed by atoms with van der Waals surface area (Å²) in [5.74, 6) is -0.356. The third-order valence-electron chi connectivity index (χ3n) is 6.58. The van der Waals surface area contributed by atoms with E-state index in [4.69, 9.17) is 4.74 Å². The first-order valence-electron chi connectivity index (χ1n) is 12.9. The highest BCUT2D eigenvalue weighted by Gasteiger charge is 2.32. The molecule has 0 aliphatic heterocycles. The molecule has 1 heterocycles. The summed E-state index contributed by atoms with van der Waals surface area (Å²) in [6.07, 6.45) is 3.13. The molecular weight excluding hydrogens is 474 g/mol. The van der Waals surface area contributed by atoms with Gasteiger partial charge in [-0.25, -0.2) is 9.78 Å². The third kappa shape index (κ3) is 8.73. The first-order chi connectivity index (χ1) is 17.2. The second-order valence-electron chi connectivity index (χ2n) is 9.56. The number of benzene rings is 1. The molecule has 0 fully saturated rings. The SMILES string of the molecule is CCOC(=O)c1csc(CC[C@H](C(C)C)N(C)C(=O)[C@@H](NC(=O)CCc2ccccc2)[C@@H](C)CC)n1. The lowest BCUT2D eigenvalue weighted by atomic mass is 9.93. The molecule has 1 N–H and O–H groups in total. The summed E-state index contributed by atoms with van der Waals surface area (Å²) in [4.78, 5) is 44.5. The molecular formula is C28H41N3O4S. The summed E-state index contributed by atoms with van der Waals surface area (Å²) in [7, 11) is 1.82. The number of carbonyl (C=O) groups is 3. The minimum absolute atomic E-state index is 0.0135. The van der Waals surface area contributed by atoms with Gasteiger partial charge in [-0.1, -0.05) is 64.4 Å². The smallest absolute Gasteiger partial charge is 0.357 e. The number of thiazole rings is 1. The zero-order valence-corrected chi connectivity index (χ0v) is 23.3. The van der Waals surface area contributed by atoms with Crippen LogP contribution in [0.4, 0.5) is 0 Å². The largest absolute Gasteiger partial charge is 0.461 e. The molecule has 8 heteroatoms. The molecule has 0 saturated carbocycles. The van der Waals surface area contributed by atoms with Crippen LogP contribution in [0.25, 0.3) is 0 Å². The molecule has 0 spiro atoms. The van der Waals surface area contributed by atoms with Gasteiger partial charge in [0.1, 0.15) is 6.04 Å². The highest BCUT2D eigenvalue weighted by atomic mass is 32.1. The second kappa shape index (κ2) is 14.7. The van der Waals surface area contributed by atoms with Crippen molar-refractivity contribution in [3.63, 3.8) is 0 Å². The molecule has 1 aromatic carbocycles. The first kappa shape index (κ1) is 29.5. The van der Waals surface area contributed by atoms with Crippen LogP contribution in [0.3, 0.4) is 0 Å². The summed E-state index contributed by atoms with van der Waals surface area (Å²) in [6, 6.07) is 9.29. The number of carbonyl (C=O) groups excluding carboxylic acids is 3. The van der Waals surface area contributed by atoms with E-state index in [0.717, 1.165) is 17.0 Å². The number of hydrogen-bond acceptors (Lipinski definition) is 6. The van der Waals surface area contributed by atoms with E-state index in [1.54, 1.807) is 17.2 Å². The standard InChI is InChI=1S/C28H41N3O4S/c1-7-20(5)26(30-24(32)16-14-21-12-10-9-11-13-21)27(33)31(6)23(19(3)4)15-17-25-29-22(18-36-25)28(34)35-8-2/h9-13,18-20,23,26H,7-8,14-17H2,1-6H3,(H,30,32)/t20-,23+,26-/m0/s1. The Hall–Kier alpha value is -2.74. The van der Waals surface area contributed by atoms with Crippen LogP contribution in [0, 0.1) is 11.8 Å². The molecule has 36 heavy (non-hydrogen) atoms. The highest BCUT2D eigenvalue weighted by Crippen LogP contribution is 2.21. The van der Waals surface area contributed by atoms with Crippen molar-refractivity contribution in [3.05, 3.63) is 52.0 Å². The first-order valence-corrected chi connectivity index (χ1v) is 13.8. The average molecular weight is 516 g/mol. The summed E-state index contributed by atoms with van der Waals surface area (Å²) in [6.45, 7) is 10.3. The number of rotatable bonds is 14. The van der Waals surface area contributed by atoms with Crippen molar-refractivity contribution in [3.8, 4) is 0 Å². The van der Waals surface area contributed by atoms with E-state index in [9.17, 15) is 14.4 Å². The number of amides is 2. The van der Waals surface area contributed by atoms with Gasteiger partial charge in [0.2, 0.25) is 11.8 Å². The summed E-state index contributed by atoms with van der Waals surface area (Å²) < 4.78 is 5.03. The number of aryl methyl sites for hydroxylation is 2. The molecule has 2 aromatic rings. The summed E-state index contributed by atoms with van der Waals surface area (Å²) in [5.41, 5.74) is 1.43. The lowest BCUT2D eigenvalue weighted by Gasteiger charge is -2.35. The average Bonchev–Trinajstić information content (AvgIpc) is 3.35. The van der Waals surface area contributed by atoms with E-state index < -0.39 is 12.0 Å². The van der Waals surface area contributed by atoms with E-state index in [1.807, 2.05) is 51.2 Å². The van der Waals surface area contributed by atoms with E-state index >= 15 is 0 Å². The minimum atomic E-state index is -0.570. The molecule has 198 valence electrons. The van der Waals surface area contributed by atoms with Crippen LogP contribution >= 0.6 is 11.3 Å². The van der Waals surface area contributed by atoms with Gasteiger partial charge in [-0.3, -0.25) is 9.59 Å². The predicted molar refractivity (Wildman–Crippen MR) is 144 cm³/mol. The Morgan fingerprint density at radius 1 is 1.08 bits per heavy atom. The van der Waals surface area contributed by atoms with Gasteiger partial charge in [0.05, 0.1) is 11.6 Å². The van der Waals surface area contributed by atoms with Crippen LogP contribution in [-0.2, 0) is 27.2 Å². The lowest BCUT2D eigenvalue weighted by molar-refractivity contribution is -0.139. The van der Waals surface area contributed by atoms with Crippen LogP contribution in [-0.4, -0.2) is 53.4 Å². The van der Waals surface area contributed by atoms with Crippen molar-refractivity contribution < 1.29 is 19.1 Å². The minimum Gasteiger partial charge on any atom is -0.461 e. The molecule has 3 atom stereocenters. The van der Waals surface area contributed by atoms with Crippen LogP contribution in [0.15, 0.2) is 35.7 Å². The molecule has 0 bridgehead atoms. The van der Waals surface area contributed by atoms with Gasteiger partial charge >= 0.3 is 5.97 Å². The molecule has 7 nitrogen and oxygen atoms in total. The zero-order chi connectivity index (χ0) is 26.7. The van der Waals surface area contributed by atoms with Crippen LogP contribution < -0.4 is 5.32 Å². The molecule has 0 unspecified atom stereocenters. The van der Waals surface area contributed by atoms with Gasteiger partial charge in [-0.05, 0) is 37.2 Å². The van der Waals surface area contributed by atoms with Crippen LogP contribution in [0.5, 0.6) is 0 Å². The van der Waals surface area contributed by atoms with Gasteiger partial charge in [0, 0.05) is 31.3 Å². The number of esters is 1. The fourth-order valence-electron chi connectivity index (χ4n) is 4.18. The summed E-state index contributed by atoms with van der Waals surface area (Å²) >= 11 is 1.43. The quantitative estimate of drug-likeness (QED) is 0.362. The van der Waals surface area contributed by atoms with E-state index in [1.165, 1.54) is 11.3 Å². The number of nitrogens with zero attached hydrogens (tertiary/aromatic N) is 2. The maximum Gasteiger partial charge on any atom is 0.357 e. The fourth-order valence-corrected chi connectivity index (χ4v) is 4.97. The Labute approximate surface area is 219 Å². The van der Waals surface area contributed by atoms with Crippen molar-refractivity contribution >= 4 is 29.1 Å². The van der Waals surface area contributed by atoms with Crippen molar-refractivity contribution in [1.29, 1.82) is 0 Å². The predicted octanol–water partition coefficient (Wildman–Crippen LogP) is 4.90. The number of ether oxygens (including phenoxy) is 1. The van der Waals surface area contributed by atoms with E-state index in [-0.39, 0.29) is 29.7 Å². The Balaban J connectivity index is 2.03. The number of nitrogens with one attached hydrogen (secondary N) is 1. The van der Waals surface area contributed by atoms with Gasteiger partial charge in [-0.15, -0.1) is 11.3 Å². The molecule has 2 rings (SSSR count). The van der Waals surface area contributed by atoms with Gasteiger partial charge in [-0.2, -0.15) is 0 Å². The van der Waals surface area contributed by atoms with Gasteiger partial charge in [0.25, 0.3) is 0 Å². The fraction of sp³-hybridized carbons (Fsp3) is 0.571. The maximum absolute atomic E-state index is 13.6. The normalized spacial score (nSPS) is 13.6. The number of likely N-dealkylation sites (N-methyl/N-ethyl adjacent to an activating group) is 1. The lowest BCUT2D eigenvalue weighted by Crippen LogP contribution is -2.54. The molecule has 1 aromatic heterocycles. The van der Waals surface area contributed by atoms with E-state index in [0.29, 0.717) is 38.0 Å². The molecule has 0 radical (unpaired) electrons. The Morgan fingerprint density at radius 2 is 1.78 bits per heavy atom. The number of aromatic nitrogens is 1. The van der Waals surface area contributed by atoms with Crippen molar-refractivity contribution in [1.82, 2.24) is 15.2 Å². The van der Waals surface area contributed by atoms with Gasteiger partial charge in [0.15, 0.2) is 5.69 Å². The van der Waals surface area contributed by atoms with Crippen LogP contribution in [0.2, 0.25) is 0 Å². The highest BCUT2D eigenvalue weighted by molar-refractivity contribution is 7.09. The van der Waals surface area contributed by atoms with Gasteiger partial charge < -0.3 is 15.0 Å². The Morgan fingerprint density at radius 3 is 2.39 bits per heavy atom. The summed E-state index contributed by atoms with van der Waals surface area (Å²) in [5, 5.41) is 5.59. The molecule has 0 saturated heterocycles. The Kier molecular flexibility index (Phi) is 12.1. The maximum atomic E-state index is 13.6. The van der Waals surface area contributed by atoms with Crippen molar-refractivity contribution in [2.75, 3.05) is 13.7 Å². The van der Waals surface area contributed by atoms with E-state index in [2.05, 4.69) is 24.1 Å². The molecule has 2 amide bonds. The molecule has 0 aliphatic rings. The van der Waals surface area contributed by atoms with Crippen molar-refractivity contribution in [2.24, 2.45) is 11.8 Å². The van der Waals surface area contributed by atoms with Crippen molar-refractivity contribution in [2.45, 2.75) is 78.8 Å². The molecule has 0 aliphatic carbocycles. The topological polar surface area (TPSA) is 88.6 Å². The Bertz CT molecular complexity index is 976. The third-order valence-corrected chi connectivity index (χ3v) is 7.49. The monoisotopic (exact) mass is 515 g/mol. The second-order valence-corrected chi connectivity index (χ2v) is 10.5. The zero-order valence-electron chi connectivity index (χ0n) is 22.5.